The molecular weight excluding hydrogens is 278 g/mol. The highest BCUT2D eigenvalue weighted by Crippen LogP contribution is 2.40. The van der Waals surface area contributed by atoms with Gasteiger partial charge in [0.05, 0.1) is 0 Å². The number of carbonyl (C=O) groups excluding carboxylic acids is 1. The summed E-state index contributed by atoms with van der Waals surface area (Å²) in [5, 5.41) is 11.2. The number of rotatable bonds is 6. The molecule has 2 unspecified atom stereocenters. The van der Waals surface area contributed by atoms with Crippen molar-refractivity contribution in [1.29, 1.82) is 0 Å². The van der Waals surface area contributed by atoms with Gasteiger partial charge in [0.15, 0.2) is 5.60 Å². The van der Waals surface area contributed by atoms with Gasteiger partial charge in [-0.25, -0.2) is 4.79 Å². The molecule has 1 fully saturated rings. The molecule has 0 aromatic heterocycles. The van der Waals surface area contributed by atoms with Crippen molar-refractivity contribution in [2.75, 3.05) is 6.61 Å². The summed E-state index contributed by atoms with van der Waals surface area (Å²) in [5.74, 6) is -0.650. The standard InChI is InChI=1S/C18H27NO3/c1-2-16(19)13-22-17(20)18(21,14-9-5-3-6-10-14)15-11-7-4-8-12-15/h3,5-6,9-10,15-16,21H,2,4,7-8,11-13,19H2,1H3. The maximum atomic E-state index is 12.7. The van der Waals surface area contributed by atoms with Gasteiger partial charge in [-0.15, -0.1) is 0 Å². The van der Waals surface area contributed by atoms with Crippen LogP contribution in [-0.4, -0.2) is 23.7 Å². The first kappa shape index (κ1) is 17.0. The molecule has 2 atom stereocenters. The van der Waals surface area contributed by atoms with Gasteiger partial charge >= 0.3 is 5.97 Å². The molecule has 0 spiro atoms. The van der Waals surface area contributed by atoms with E-state index in [2.05, 4.69) is 0 Å². The summed E-state index contributed by atoms with van der Waals surface area (Å²) in [4.78, 5) is 12.7. The third-order valence-electron chi connectivity index (χ3n) is 4.67. The number of ether oxygens (including phenoxy) is 1. The second-order valence-electron chi connectivity index (χ2n) is 6.23. The molecule has 1 aliphatic carbocycles. The molecule has 3 N–H and O–H groups in total. The molecule has 122 valence electrons. The van der Waals surface area contributed by atoms with Crippen LogP contribution in [0.15, 0.2) is 30.3 Å². The van der Waals surface area contributed by atoms with E-state index in [0.29, 0.717) is 5.56 Å². The Morgan fingerprint density at radius 2 is 1.95 bits per heavy atom. The average Bonchev–Trinajstić information content (AvgIpc) is 2.60. The third kappa shape index (κ3) is 3.68. The van der Waals surface area contributed by atoms with Crippen LogP contribution in [0.4, 0.5) is 0 Å². The smallest absolute Gasteiger partial charge is 0.343 e. The Labute approximate surface area is 132 Å². The van der Waals surface area contributed by atoms with E-state index in [0.717, 1.165) is 38.5 Å². The Morgan fingerprint density at radius 3 is 2.55 bits per heavy atom. The van der Waals surface area contributed by atoms with Crippen LogP contribution in [0.5, 0.6) is 0 Å². The van der Waals surface area contributed by atoms with Crippen LogP contribution >= 0.6 is 0 Å². The van der Waals surface area contributed by atoms with E-state index in [1.54, 1.807) is 12.1 Å². The second-order valence-corrected chi connectivity index (χ2v) is 6.23. The molecule has 2 rings (SSSR count). The predicted molar refractivity (Wildman–Crippen MR) is 86.1 cm³/mol. The first-order valence-corrected chi connectivity index (χ1v) is 8.29. The van der Waals surface area contributed by atoms with Crippen LogP contribution < -0.4 is 5.73 Å². The molecule has 1 aromatic rings. The minimum atomic E-state index is -1.56. The lowest BCUT2D eigenvalue weighted by molar-refractivity contribution is -0.176. The summed E-state index contributed by atoms with van der Waals surface area (Å²) < 4.78 is 5.35. The number of carbonyl (C=O) groups is 1. The van der Waals surface area contributed by atoms with Gasteiger partial charge in [0, 0.05) is 12.0 Å². The number of hydrogen-bond donors (Lipinski definition) is 2. The van der Waals surface area contributed by atoms with Crippen molar-refractivity contribution in [3.05, 3.63) is 35.9 Å². The number of hydrogen-bond acceptors (Lipinski definition) is 4. The molecule has 0 aliphatic heterocycles. The molecule has 0 amide bonds. The highest BCUT2D eigenvalue weighted by molar-refractivity contribution is 5.81. The predicted octanol–water partition coefficient (Wildman–Crippen LogP) is 2.74. The monoisotopic (exact) mass is 305 g/mol. The molecule has 22 heavy (non-hydrogen) atoms. The third-order valence-corrected chi connectivity index (χ3v) is 4.67. The Bertz CT molecular complexity index is 470. The van der Waals surface area contributed by atoms with Crippen molar-refractivity contribution in [2.24, 2.45) is 11.7 Å². The minimum absolute atomic E-state index is 0.0889. The summed E-state index contributed by atoms with van der Waals surface area (Å²) >= 11 is 0. The van der Waals surface area contributed by atoms with Gasteiger partial charge < -0.3 is 15.6 Å². The van der Waals surface area contributed by atoms with Crippen molar-refractivity contribution in [3.63, 3.8) is 0 Å². The zero-order valence-electron chi connectivity index (χ0n) is 13.3. The molecule has 1 saturated carbocycles. The average molecular weight is 305 g/mol. The van der Waals surface area contributed by atoms with Crippen LogP contribution in [-0.2, 0) is 15.1 Å². The van der Waals surface area contributed by atoms with E-state index >= 15 is 0 Å². The second kappa shape index (κ2) is 7.75. The van der Waals surface area contributed by atoms with E-state index < -0.39 is 11.6 Å². The van der Waals surface area contributed by atoms with Crippen molar-refractivity contribution in [2.45, 2.75) is 57.1 Å². The molecule has 4 heteroatoms. The van der Waals surface area contributed by atoms with Crippen molar-refractivity contribution in [3.8, 4) is 0 Å². The number of nitrogens with two attached hydrogens (primary N) is 1. The van der Waals surface area contributed by atoms with Crippen molar-refractivity contribution in [1.82, 2.24) is 0 Å². The quantitative estimate of drug-likeness (QED) is 0.793. The van der Waals surface area contributed by atoms with Crippen LogP contribution in [0.1, 0.15) is 51.0 Å². The molecule has 4 nitrogen and oxygen atoms in total. The number of esters is 1. The van der Waals surface area contributed by atoms with Gasteiger partial charge in [0.25, 0.3) is 0 Å². The molecule has 1 aromatic carbocycles. The lowest BCUT2D eigenvalue weighted by Gasteiger charge is -2.37. The van der Waals surface area contributed by atoms with E-state index in [1.165, 1.54) is 0 Å². The van der Waals surface area contributed by atoms with E-state index in [9.17, 15) is 9.90 Å². The van der Waals surface area contributed by atoms with Gasteiger partial charge in [-0.2, -0.15) is 0 Å². The zero-order chi connectivity index (χ0) is 16.0. The number of benzene rings is 1. The fourth-order valence-corrected chi connectivity index (χ4v) is 3.14. The highest BCUT2D eigenvalue weighted by atomic mass is 16.5. The lowest BCUT2D eigenvalue weighted by atomic mass is 9.73. The fraction of sp³-hybridized carbons (Fsp3) is 0.611. The van der Waals surface area contributed by atoms with Gasteiger partial charge in [0.1, 0.15) is 6.61 Å². The molecule has 0 radical (unpaired) electrons. The van der Waals surface area contributed by atoms with Crippen LogP contribution in [0.3, 0.4) is 0 Å². The first-order valence-electron chi connectivity index (χ1n) is 8.29. The summed E-state index contributed by atoms with van der Waals surface area (Å²) in [6, 6.07) is 8.98. The van der Waals surface area contributed by atoms with E-state index in [4.69, 9.17) is 10.5 Å². The van der Waals surface area contributed by atoms with Gasteiger partial charge in [-0.05, 0) is 24.8 Å². The zero-order valence-corrected chi connectivity index (χ0v) is 13.3. The Balaban J connectivity index is 2.22. The van der Waals surface area contributed by atoms with Crippen LogP contribution in [0, 0.1) is 5.92 Å². The SMILES string of the molecule is CCC(N)COC(=O)C(O)(c1ccccc1)C1CCCCC1. The van der Waals surface area contributed by atoms with Crippen molar-refractivity contribution < 1.29 is 14.6 Å². The first-order chi connectivity index (χ1) is 10.6. The Morgan fingerprint density at radius 1 is 1.32 bits per heavy atom. The largest absolute Gasteiger partial charge is 0.462 e. The maximum absolute atomic E-state index is 12.7. The van der Waals surface area contributed by atoms with Gasteiger partial charge in [0.2, 0.25) is 0 Å². The maximum Gasteiger partial charge on any atom is 0.343 e. The topological polar surface area (TPSA) is 72.5 Å². The molecule has 0 bridgehead atoms. The van der Waals surface area contributed by atoms with Gasteiger partial charge in [-0.3, -0.25) is 0 Å². The highest BCUT2D eigenvalue weighted by Gasteiger charge is 2.47. The van der Waals surface area contributed by atoms with E-state index in [1.807, 2.05) is 25.1 Å². The summed E-state index contributed by atoms with van der Waals surface area (Å²) in [6.07, 6.45) is 5.68. The number of aliphatic hydroxyl groups is 1. The summed E-state index contributed by atoms with van der Waals surface area (Å²) in [7, 11) is 0. The molecular formula is C18H27NO3. The molecule has 1 aliphatic rings. The van der Waals surface area contributed by atoms with Gasteiger partial charge in [-0.1, -0.05) is 56.5 Å². The Kier molecular flexibility index (Phi) is 5.98. The molecule has 0 heterocycles. The van der Waals surface area contributed by atoms with Crippen LogP contribution in [0.25, 0.3) is 0 Å². The Hall–Kier alpha value is -1.39. The lowest BCUT2D eigenvalue weighted by Crippen LogP contribution is -2.46. The normalized spacial score (nSPS) is 20.1. The molecule has 0 saturated heterocycles. The van der Waals surface area contributed by atoms with E-state index in [-0.39, 0.29) is 18.6 Å². The summed E-state index contributed by atoms with van der Waals surface area (Å²) in [6.45, 7) is 2.10. The minimum Gasteiger partial charge on any atom is -0.462 e. The summed E-state index contributed by atoms with van der Waals surface area (Å²) in [5.41, 5.74) is 4.88. The van der Waals surface area contributed by atoms with Crippen LogP contribution in [0.2, 0.25) is 0 Å². The van der Waals surface area contributed by atoms with Crippen molar-refractivity contribution >= 4 is 5.97 Å². The fourth-order valence-electron chi connectivity index (χ4n) is 3.14.